The summed E-state index contributed by atoms with van der Waals surface area (Å²) in [7, 11) is 0. The molecular weight excluding hydrogens is 645 g/mol. The molecule has 0 aliphatic carbocycles. The predicted octanol–water partition coefficient (Wildman–Crippen LogP) is 7.00. The SMILES string of the molecule is Cc1nc(C(F)(F)F)ccc1CC1(NNC(=O)[C@H](C)OCc2ccccc2)N=NC(=O)C(c2ccc(C#N)cc2)=C1c1ccc(Cl)cc1. The number of hydrogen-bond acceptors (Lipinski definition) is 7. The lowest BCUT2D eigenvalue weighted by atomic mass is 9.81. The van der Waals surface area contributed by atoms with E-state index in [-0.39, 0.29) is 29.9 Å². The van der Waals surface area contributed by atoms with Crippen LogP contribution < -0.4 is 10.9 Å². The number of alkyl halides is 3. The number of nitrogens with zero attached hydrogens (tertiary/aromatic N) is 4. The first kappa shape index (κ1) is 34.1. The highest BCUT2D eigenvalue weighted by atomic mass is 35.5. The number of nitrogens with one attached hydrogen (secondary N) is 2. The normalized spacial score (nSPS) is 16.8. The number of halogens is 4. The van der Waals surface area contributed by atoms with Crippen molar-refractivity contribution in [3.05, 3.63) is 135 Å². The number of rotatable bonds is 10. The number of nitriles is 1. The van der Waals surface area contributed by atoms with Gasteiger partial charge in [-0.25, -0.2) is 10.4 Å². The minimum atomic E-state index is -4.67. The summed E-state index contributed by atoms with van der Waals surface area (Å²) >= 11 is 6.21. The summed E-state index contributed by atoms with van der Waals surface area (Å²) in [5.74, 6) is -1.30. The molecule has 0 saturated carbocycles. The molecule has 244 valence electrons. The first-order valence-electron chi connectivity index (χ1n) is 14.6. The van der Waals surface area contributed by atoms with Crippen molar-refractivity contribution in [3.63, 3.8) is 0 Å². The van der Waals surface area contributed by atoms with Gasteiger partial charge in [0.15, 0.2) is 5.66 Å². The van der Waals surface area contributed by atoms with Crippen molar-refractivity contribution in [2.24, 2.45) is 10.2 Å². The van der Waals surface area contributed by atoms with Gasteiger partial charge in [0.25, 0.3) is 11.8 Å². The molecule has 1 unspecified atom stereocenters. The quantitative estimate of drug-likeness (QED) is 0.175. The van der Waals surface area contributed by atoms with Crippen LogP contribution in [0.5, 0.6) is 0 Å². The van der Waals surface area contributed by atoms with E-state index in [4.69, 9.17) is 16.3 Å². The Labute approximate surface area is 279 Å². The van der Waals surface area contributed by atoms with E-state index in [0.717, 1.165) is 11.6 Å². The minimum Gasteiger partial charge on any atom is -0.364 e. The van der Waals surface area contributed by atoms with Crippen molar-refractivity contribution in [2.45, 2.75) is 44.8 Å². The van der Waals surface area contributed by atoms with Gasteiger partial charge in [-0.2, -0.15) is 23.5 Å². The topological polar surface area (TPSA) is 129 Å². The average Bonchev–Trinajstić information content (AvgIpc) is 3.08. The molecule has 1 aliphatic rings. The van der Waals surface area contributed by atoms with Gasteiger partial charge in [-0.05, 0) is 66.4 Å². The molecule has 1 aliphatic heterocycles. The van der Waals surface area contributed by atoms with Crippen LogP contribution in [0.1, 0.15) is 46.1 Å². The second kappa shape index (κ2) is 14.3. The van der Waals surface area contributed by atoms with Crippen molar-refractivity contribution < 1.29 is 27.5 Å². The van der Waals surface area contributed by atoms with E-state index in [1.165, 1.54) is 25.1 Å². The van der Waals surface area contributed by atoms with E-state index in [2.05, 4.69) is 26.1 Å². The lowest BCUT2D eigenvalue weighted by Crippen LogP contribution is -2.58. The highest BCUT2D eigenvalue weighted by Crippen LogP contribution is 2.42. The molecule has 1 aromatic heterocycles. The molecule has 48 heavy (non-hydrogen) atoms. The molecule has 2 atom stereocenters. The van der Waals surface area contributed by atoms with Crippen LogP contribution in [0.15, 0.2) is 101 Å². The van der Waals surface area contributed by atoms with E-state index in [1.807, 2.05) is 36.4 Å². The van der Waals surface area contributed by atoms with Gasteiger partial charge in [0.05, 0.1) is 23.8 Å². The molecule has 2 amide bonds. The zero-order valence-electron chi connectivity index (χ0n) is 25.7. The number of hydrogen-bond donors (Lipinski definition) is 2. The molecular formula is C35H28ClF3N6O3. The first-order valence-corrected chi connectivity index (χ1v) is 15.0. The van der Waals surface area contributed by atoms with Gasteiger partial charge in [-0.1, -0.05) is 72.3 Å². The Bertz CT molecular complexity index is 1920. The van der Waals surface area contributed by atoms with Crippen molar-refractivity contribution in [1.82, 2.24) is 15.8 Å². The third-order valence-corrected chi connectivity index (χ3v) is 7.91. The molecule has 0 saturated heterocycles. The Kier molecular flexibility index (Phi) is 10.1. The van der Waals surface area contributed by atoms with Crippen LogP contribution in [-0.2, 0) is 33.5 Å². The fourth-order valence-electron chi connectivity index (χ4n) is 5.13. The van der Waals surface area contributed by atoms with Crippen LogP contribution in [-0.4, -0.2) is 28.6 Å². The van der Waals surface area contributed by atoms with E-state index < -0.39 is 35.5 Å². The van der Waals surface area contributed by atoms with Gasteiger partial charge in [0.2, 0.25) is 0 Å². The number of amides is 2. The van der Waals surface area contributed by atoms with Crippen LogP contribution in [0.2, 0.25) is 5.02 Å². The molecule has 3 aromatic carbocycles. The summed E-state index contributed by atoms with van der Waals surface area (Å²) < 4.78 is 46.3. The van der Waals surface area contributed by atoms with Crippen molar-refractivity contribution in [3.8, 4) is 6.07 Å². The fourth-order valence-corrected chi connectivity index (χ4v) is 5.25. The van der Waals surface area contributed by atoms with E-state index in [1.54, 1.807) is 43.3 Å². The molecule has 0 fully saturated rings. The number of aryl methyl sites for hydroxylation is 1. The molecule has 5 rings (SSSR count). The summed E-state index contributed by atoms with van der Waals surface area (Å²) in [6.07, 6.45) is -5.82. The van der Waals surface area contributed by atoms with Crippen LogP contribution in [0.3, 0.4) is 0 Å². The minimum absolute atomic E-state index is 0.0550. The fraction of sp³-hybridized carbons (Fsp3) is 0.200. The Morgan fingerprint density at radius 1 is 1.00 bits per heavy atom. The van der Waals surface area contributed by atoms with E-state index in [9.17, 15) is 28.0 Å². The van der Waals surface area contributed by atoms with Gasteiger partial charge < -0.3 is 4.74 Å². The highest BCUT2D eigenvalue weighted by molar-refractivity contribution is 6.31. The third-order valence-electron chi connectivity index (χ3n) is 7.66. The zero-order chi connectivity index (χ0) is 34.5. The predicted molar refractivity (Wildman–Crippen MR) is 172 cm³/mol. The largest absolute Gasteiger partial charge is 0.433 e. The number of ether oxygens (including phenoxy) is 1. The lowest BCUT2D eigenvalue weighted by Gasteiger charge is -2.37. The number of azo groups is 1. The summed E-state index contributed by atoms with van der Waals surface area (Å²) in [5, 5.41) is 18.1. The molecule has 9 nitrogen and oxygen atoms in total. The van der Waals surface area contributed by atoms with Crippen LogP contribution >= 0.6 is 11.6 Å². The van der Waals surface area contributed by atoms with Crippen LogP contribution in [0.4, 0.5) is 13.2 Å². The smallest absolute Gasteiger partial charge is 0.364 e. The van der Waals surface area contributed by atoms with Crippen molar-refractivity contribution in [2.75, 3.05) is 0 Å². The average molecular weight is 673 g/mol. The van der Waals surface area contributed by atoms with E-state index >= 15 is 0 Å². The number of benzene rings is 3. The molecule has 4 aromatic rings. The highest BCUT2D eigenvalue weighted by Gasteiger charge is 2.44. The van der Waals surface area contributed by atoms with Gasteiger partial charge in [-0.3, -0.25) is 15.0 Å². The summed E-state index contributed by atoms with van der Waals surface area (Å²) in [5.41, 5.74) is 5.54. The molecule has 0 radical (unpaired) electrons. The van der Waals surface area contributed by atoms with Crippen molar-refractivity contribution in [1.29, 1.82) is 5.26 Å². The van der Waals surface area contributed by atoms with E-state index in [0.29, 0.717) is 27.3 Å². The third kappa shape index (κ3) is 7.66. The maximum atomic E-state index is 13.5. The maximum absolute atomic E-state index is 13.5. The van der Waals surface area contributed by atoms with Gasteiger partial charge >= 0.3 is 6.18 Å². The number of carbonyl (C=O) groups is 2. The second-order valence-corrected chi connectivity index (χ2v) is 11.4. The lowest BCUT2D eigenvalue weighted by molar-refractivity contribution is -0.141. The summed E-state index contributed by atoms with van der Waals surface area (Å²) in [6.45, 7) is 3.14. The van der Waals surface area contributed by atoms with Gasteiger partial charge in [0.1, 0.15) is 11.8 Å². The Morgan fingerprint density at radius 2 is 1.67 bits per heavy atom. The Balaban J connectivity index is 1.62. The Morgan fingerprint density at radius 3 is 2.29 bits per heavy atom. The molecule has 13 heteroatoms. The summed E-state index contributed by atoms with van der Waals surface area (Å²) in [6, 6.07) is 26.2. The monoisotopic (exact) mass is 672 g/mol. The Hall–Kier alpha value is -5.22. The van der Waals surface area contributed by atoms with Crippen LogP contribution in [0.25, 0.3) is 11.1 Å². The summed E-state index contributed by atoms with van der Waals surface area (Å²) in [4.78, 5) is 30.7. The van der Waals surface area contributed by atoms with Crippen LogP contribution in [0, 0.1) is 18.3 Å². The molecule has 0 bridgehead atoms. The number of aromatic nitrogens is 1. The standard InChI is InChI=1S/C35H28ClF3N6O3/c1-21-27(14-17-29(41-21)35(37,38)39)18-34(44-42-32(46)22(2)48-20-24-6-4-3-5-7-24)31(26-12-15-28(36)16-13-26)30(33(47)43-45-34)25-10-8-23(19-40)9-11-25/h3-17,22,44H,18,20H2,1-2H3,(H,42,46)/t22-,34?/m0/s1. The first-order chi connectivity index (χ1) is 22.9. The number of pyridine rings is 1. The van der Waals surface area contributed by atoms with Gasteiger partial charge in [-0.15, -0.1) is 5.11 Å². The maximum Gasteiger partial charge on any atom is 0.433 e. The molecule has 2 N–H and O–H groups in total. The van der Waals surface area contributed by atoms with Gasteiger partial charge in [0, 0.05) is 22.7 Å². The molecule has 2 heterocycles. The number of hydrazine groups is 1. The van der Waals surface area contributed by atoms with Crippen molar-refractivity contribution >= 4 is 34.6 Å². The second-order valence-electron chi connectivity index (χ2n) is 11.0. The molecule has 0 spiro atoms. The number of carbonyl (C=O) groups excluding carboxylic acids is 2. The zero-order valence-corrected chi connectivity index (χ0v) is 26.4.